The summed E-state index contributed by atoms with van der Waals surface area (Å²) in [6.45, 7) is -0.111. The number of benzene rings is 1. The molecule has 0 saturated heterocycles. The van der Waals surface area contributed by atoms with E-state index in [1.807, 2.05) is 4.84 Å². The van der Waals surface area contributed by atoms with Crippen molar-refractivity contribution in [3.05, 3.63) is 41.6 Å². The highest BCUT2D eigenvalue weighted by atomic mass is 35.5. The van der Waals surface area contributed by atoms with Gasteiger partial charge in [-0.05, 0) is 24.9 Å². The summed E-state index contributed by atoms with van der Waals surface area (Å²) >= 11 is 9.61. The van der Waals surface area contributed by atoms with Crippen LogP contribution in [0.2, 0.25) is 0 Å². The van der Waals surface area contributed by atoms with Crippen LogP contribution < -0.4 is 9.57 Å². The number of nitrogens with one attached hydrogen (secondary N) is 1. The van der Waals surface area contributed by atoms with Crippen molar-refractivity contribution in [2.24, 2.45) is 0 Å². The Morgan fingerprint density at radius 1 is 1.50 bits per heavy atom. The number of amides is 1. The summed E-state index contributed by atoms with van der Waals surface area (Å²) in [6, 6.07) is 6.01. The molecule has 0 aliphatic heterocycles. The lowest BCUT2D eigenvalue weighted by Crippen LogP contribution is -2.16. The fourth-order valence-electron chi connectivity index (χ4n) is 1.71. The first-order valence-electron chi connectivity index (χ1n) is 5.86. The van der Waals surface area contributed by atoms with Gasteiger partial charge in [0.1, 0.15) is 6.61 Å². The molecule has 118 valence electrons. The maximum atomic E-state index is 12.7. The van der Waals surface area contributed by atoms with Crippen LogP contribution in [0.3, 0.4) is 0 Å². The van der Waals surface area contributed by atoms with Crippen molar-refractivity contribution in [2.75, 3.05) is 0 Å². The van der Waals surface area contributed by atoms with E-state index in [-0.39, 0.29) is 22.9 Å². The Kier molecular flexibility index (Phi) is 5.92. The molecule has 0 saturated carbocycles. The number of ether oxygens (including phenoxy) is 1. The lowest BCUT2D eigenvalue weighted by Gasteiger charge is -2.13. The summed E-state index contributed by atoms with van der Waals surface area (Å²) in [5.74, 6) is -2.97. The maximum absolute atomic E-state index is 12.7. The normalized spacial score (nSPS) is 10.8. The van der Waals surface area contributed by atoms with Crippen LogP contribution in [-0.2, 0) is 6.61 Å². The lowest BCUT2D eigenvalue weighted by molar-refractivity contribution is 0.0978. The number of alkyl halides is 2. The van der Waals surface area contributed by atoms with Gasteiger partial charge in [-0.15, -0.1) is 5.10 Å². The number of carbonyl (C=O) groups excluding carboxylic acids is 1. The fourth-order valence-corrected chi connectivity index (χ4v) is 2.62. The molecule has 0 atom stereocenters. The third-order valence-corrected chi connectivity index (χ3v) is 3.80. The fraction of sp³-hybridized carbons (Fsp3) is 0.167. The first-order chi connectivity index (χ1) is 10.5. The quantitative estimate of drug-likeness (QED) is 0.468. The van der Waals surface area contributed by atoms with Gasteiger partial charge >= 0.3 is 0 Å². The highest BCUT2D eigenvalue weighted by Crippen LogP contribution is 2.31. The Morgan fingerprint density at radius 3 is 2.86 bits per heavy atom. The average Bonchev–Trinajstić information content (AvgIpc) is 2.90. The maximum Gasteiger partial charge on any atom is 0.288 e. The van der Waals surface area contributed by atoms with Gasteiger partial charge < -0.3 is 4.74 Å². The summed E-state index contributed by atoms with van der Waals surface area (Å²) in [5, 5.41) is 3.89. The Balaban J connectivity index is 2.29. The summed E-state index contributed by atoms with van der Waals surface area (Å²) in [7, 11) is 0. The average molecular weight is 366 g/mol. The third-order valence-electron chi connectivity index (χ3n) is 2.60. The minimum atomic E-state index is -2.62. The van der Waals surface area contributed by atoms with Crippen molar-refractivity contribution >= 4 is 42.3 Å². The van der Waals surface area contributed by atoms with E-state index in [4.69, 9.17) is 16.5 Å². The van der Waals surface area contributed by atoms with Crippen LogP contribution in [-0.4, -0.2) is 20.9 Å². The molecular formula is C12H10ClF2N3O2S2. The number of thiol groups is 1. The number of aromatic nitrogens is 2. The molecule has 0 aliphatic carbocycles. The zero-order valence-corrected chi connectivity index (χ0v) is 13.3. The van der Waals surface area contributed by atoms with Gasteiger partial charge in [0, 0.05) is 40.1 Å². The van der Waals surface area contributed by atoms with E-state index in [1.54, 1.807) is 12.3 Å². The van der Waals surface area contributed by atoms with Crippen LogP contribution in [0.1, 0.15) is 15.9 Å². The molecule has 0 spiro atoms. The molecule has 22 heavy (non-hydrogen) atoms. The minimum Gasteiger partial charge on any atom is -0.472 e. The first kappa shape index (κ1) is 16.9. The standard InChI is InChI=1S/C12H10ClF2N3O2S2/c13-16-11(19)7-2-1-3-9(22-12(14)15)8(7)6-20-10-4-5-18(21)17-10/h1-5,12,21H,6H2,(H,16,19). The van der Waals surface area contributed by atoms with Gasteiger partial charge in [-0.2, -0.15) is 8.78 Å². The Labute approximate surface area is 139 Å². The molecule has 1 aromatic carbocycles. The SMILES string of the molecule is O=C(NCl)c1cccc(SC(F)F)c1COc1ccn(S)n1. The number of hydrogen-bond donors (Lipinski definition) is 2. The second-order valence-electron chi connectivity index (χ2n) is 3.95. The molecule has 2 rings (SSSR count). The predicted molar refractivity (Wildman–Crippen MR) is 82.6 cm³/mol. The number of hydrogen-bond acceptors (Lipinski definition) is 5. The summed E-state index contributed by atoms with van der Waals surface area (Å²) < 4.78 is 31.9. The summed E-state index contributed by atoms with van der Waals surface area (Å²) in [6.07, 6.45) is 1.55. The van der Waals surface area contributed by atoms with E-state index in [1.165, 1.54) is 22.3 Å². The van der Waals surface area contributed by atoms with Gasteiger partial charge in [0.15, 0.2) is 0 Å². The van der Waals surface area contributed by atoms with Gasteiger partial charge in [0.2, 0.25) is 5.88 Å². The largest absolute Gasteiger partial charge is 0.472 e. The van der Waals surface area contributed by atoms with Crippen LogP contribution in [0.5, 0.6) is 5.88 Å². The van der Waals surface area contributed by atoms with Crippen molar-refractivity contribution < 1.29 is 18.3 Å². The Bertz CT molecular complexity index is 670. The second kappa shape index (κ2) is 7.70. The molecule has 2 aromatic rings. The van der Waals surface area contributed by atoms with Crippen molar-refractivity contribution in [3.63, 3.8) is 0 Å². The highest BCUT2D eigenvalue weighted by molar-refractivity contribution is 7.99. The van der Waals surface area contributed by atoms with E-state index in [0.29, 0.717) is 17.3 Å². The third kappa shape index (κ3) is 4.28. The number of halogens is 3. The van der Waals surface area contributed by atoms with E-state index in [0.717, 1.165) is 0 Å². The zero-order chi connectivity index (χ0) is 16.1. The lowest BCUT2D eigenvalue weighted by atomic mass is 10.1. The Morgan fingerprint density at radius 2 is 2.27 bits per heavy atom. The molecule has 1 heterocycles. The van der Waals surface area contributed by atoms with Gasteiger partial charge in [-0.3, -0.25) is 9.63 Å². The Hall–Kier alpha value is -1.45. The smallest absolute Gasteiger partial charge is 0.288 e. The van der Waals surface area contributed by atoms with Crippen molar-refractivity contribution in [1.29, 1.82) is 0 Å². The van der Waals surface area contributed by atoms with Crippen LogP contribution in [0.4, 0.5) is 8.78 Å². The van der Waals surface area contributed by atoms with Crippen LogP contribution in [0.15, 0.2) is 35.4 Å². The van der Waals surface area contributed by atoms with E-state index >= 15 is 0 Å². The summed E-state index contributed by atoms with van der Waals surface area (Å²) in [5.41, 5.74) is 0.464. The van der Waals surface area contributed by atoms with E-state index in [9.17, 15) is 13.6 Å². The molecule has 0 fully saturated rings. The molecule has 10 heteroatoms. The molecule has 5 nitrogen and oxygen atoms in total. The molecule has 0 unspecified atom stereocenters. The molecule has 0 radical (unpaired) electrons. The minimum absolute atomic E-state index is 0.111. The molecule has 1 amide bonds. The number of carbonyl (C=O) groups is 1. The van der Waals surface area contributed by atoms with Crippen molar-refractivity contribution in [2.45, 2.75) is 17.3 Å². The molecule has 0 bridgehead atoms. The van der Waals surface area contributed by atoms with Crippen molar-refractivity contribution in [1.82, 2.24) is 14.0 Å². The topological polar surface area (TPSA) is 56.1 Å². The van der Waals surface area contributed by atoms with Crippen LogP contribution in [0.25, 0.3) is 0 Å². The molecule has 1 N–H and O–H groups in total. The number of thioether (sulfide) groups is 1. The monoisotopic (exact) mass is 365 g/mol. The van der Waals surface area contributed by atoms with Gasteiger partial charge in [-0.25, -0.2) is 4.09 Å². The van der Waals surface area contributed by atoms with Gasteiger partial charge in [0.25, 0.3) is 11.7 Å². The summed E-state index contributed by atoms with van der Waals surface area (Å²) in [4.78, 5) is 13.9. The molecular weight excluding hydrogens is 356 g/mol. The van der Waals surface area contributed by atoms with Crippen molar-refractivity contribution in [3.8, 4) is 5.88 Å². The molecule has 1 aromatic heterocycles. The zero-order valence-electron chi connectivity index (χ0n) is 10.9. The molecule has 0 aliphatic rings. The van der Waals surface area contributed by atoms with Gasteiger partial charge in [-0.1, -0.05) is 17.8 Å². The highest BCUT2D eigenvalue weighted by Gasteiger charge is 2.18. The first-order valence-corrected chi connectivity index (χ1v) is 7.52. The number of nitrogens with zero attached hydrogens (tertiary/aromatic N) is 2. The number of rotatable bonds is 6. The van der Waals surface area contributed by atoms with E-state index in [2.05, 4.69) is 17.9 Å². The van der Waals surface area contributed by atoms with Crippen LogP contribution in [0, 0.1) is 0 Å². The second-order valence-corrected chi connectivity index (χ2v) is 5.58. The van der Waals surface area contributed by atoms with Crippen LogP contribution >= 0.6 is 36.4 Å². The predicted octanol–water partition coefficient (Wildman–Crippen LogP) is 3.35. The van der Waals surface area contributed by atoms with Gasteiger partial charge in [0.05, 0.1) is 0 Å². The van der Waals surface area contributed by atoms with E-state index < -0.39 is 11.7 Å².